The van der Waals surface area contributed by atoms with Crippen molar-refractivity contribution in [1.82, 2.24) is 9.88 Å². The molecule has 206 valence electrons. The number of aliphatic hydroxyl groups is 1. The summed E-state index contributed by atoms with van der Waals surface area (Å²) in [4.78, 5) is 18.6. The number of carbonyl (C=O) groups is 1. The maximum atomic E-state index is 11.9. The van der Waals surface area contributed by atoms with Crippen LogP contribution in [-0.4, -0.2) is 53.9 Å². The number of benzene rings is 2. The predicted octanol–water partition coefficient (Wildman–Crippen LogP) is 5.27. The second kappa shape index (κ2) is 14.0. The van der Waals surface area contributed by atoms with Gasteiger partial charge in [0.05, 0.1) is 18.8 Å². The molecule has 1 saturated heterocycles. The molecule has 4 atom stereocenters. The molecule has 0 spiro atoms. The first-order chi connectivity index (χ1) is 19.0. The van der Waals surface area contributed by atoms with Gasteiger partial charge in [0.1, 0.15) is 6.61 Å². The number of aromatic nitrogens is 1. The van der Waals surface area contributed by atoms with Crippen molar-refractivity contribution in [2.45, 2.75) is 38.4 Å². The van der Waals surface area contributed by atoms with Crippen molar-refractivity contribution in [2.75, 3.05) is 32.1 Å². The molecule has 2 aromatic carbocycles. The van der Waals surface area contributed by atoms with Crippen LogP contribution in [0.2, 0.25) is 0 Å². The summed E-state index contributed by atoms with van der Waals surface area (Å²) in [6.07, 6.45) is 2.78. The van der Waals surface area contributed by atoms with Crippen LogP contribution in [0.5, 0.6) is 0 Å². The van der Waals surface area contributed by atoms with Crippen LogP contribution in [0, 0.1) is 5.92 Å². The van der Waals surface area contributed by atoms with E-state index >= 15 is 0 Å². The largest absolute Gasteiger partial charge is 0.445 e. The van der Waals surface area contributed by atoms with Gasteiger partial charge >= 0.3 is 6.09 Å². The minimum atomic E-state index is -0.584. The monoisotopic (exact) mass is 531 g/mol. The van der Waals surface area contributed by atoms with Gasteiger partial charge in [0.25, 0.3) is 0 Å². The van der Waals surface area contributed by atoms with Gasteiger partial charge in [-0.2, -0.15) is 0 Å². The van der Waals surface area contributed by atoms with Gasteiger partial charge in [0, 0.05) is 48.6 Å². The molecule has 0 saturated carbocycles. The number of rotatable bonds is 11. The summed E-state index contributed by atoms with van der Waals surface area (Å²) in [6.45, 7) is 7.42. The summed E-state index contributed by atoms with van der Waals surface area (Å²) in [6, 6.07) is 21.2. The van der Waals surface area contributed by atoms with Crippen LogP contribution < -0.4 is 5.32 Å². The van der Waals surface area contributed by atoms with E-state index in [-0.39, 0.29) is 31.3 Å². The number of pyridine rings is 1. The van der Waals surface area contributed by atoms with Crippen LogP contribution in [0.3, 0.4) is 0 Å². The lowest BCUT2D eigenvalue weighted by Crippen LogP contribution is -2.43. The van der Waals surface area contributed by atoms with E-state index in [1.54, 1.807) is 12.1 Å². The molecule has 39 heavy (non-hydrogen) atoms. The van der Waals surface area contributed by atoms with E-state index < -0.39 is 12.4 Å². The highest BCUT2D eigenvalue weighted by Crippen LogP contribution is 2.42. The van der Waals surface area contributed by atoms with Gasteiger partial charge < -0.3 is 24.2 Å². The van der Waals surface area contributed by atoms with Gasteiger partial charge in [0.15, 0.2) is 6.29 Å². The molecule has 0 bridgehead atoms. The van der Waals surface area contributed by atoms with Crippen molar-refractivity contribution in [2.24, 2.45) is 5.92 Å². The molecule has 2 heterocycles. The number of anilines is 1. The number of carbonyl (C=O) groups excluding carboxylic acids is 1. The van der Waals surface area contributed by atoms with Crippen molar-refractivity contribution < 1.29 is 24.1 Å². The van der Waals surface area contributed by atoms with Crippen LogP contribution >= 0.6 is 0 Å². The van der Waals surface area contributed by atoms with E-state index in [0.29, 0.717) is 5.69 Å². The van der Waals surface area contributed by atoms with Crippen LogP contribution in [-0.2, 0) is 27.2 Å². The van der Waals surface area contributed by atoms with Gasteiger partial charge in [-0.3, -0.25) is 10.3 Å². The van der Waals surface area contributed by atoms with Gasteiger partial charge in [-0.15, -0.1) is 0 Å². The minimum absolute atomic E-state index is 0.00169. The molecule has 3 aromatic rings. The third kappa shape index (κ3) is 7.97. The SMILES string of the molecule is C=CCOC(=O)Nc1ccc([C@H]2O[C@@H](CN(C)CCc3ccccn3)[C@@H](C)[C@@H](c3ccc(CO)cc3)O2)cc1. The summed E-state index contributed by atoms with van der Waals surface area (Å²) in [7, 11) is 2.10. The van der Waals surface area contributed by atoms with Crippen LogP contribution in [0.4, 0.5) is 10.5 Å². The number of ether oxygens (including phenoxy) is 3. The third-order valence-corrected chi connectivity index (χ3v) is 6.85. The molecule has 0 unspecified atom stereocenters. The number of amides is 1. The Kier molecular flexibility index (Phi) is 10.2. The summed E-state index contributed by atoms with van der Waals surface area (Å²) in [5, 5.41) is 12.2. The maximum Gasteiger partial charge on any atom is 0.411 e. The molecule has 4 rings (SSSR count). The van der Waals surface area contributed by atoms with Crippen LogP contribution in [0.1, 0.15) is 41.7 Å². The first-order valence-corrected chi connectivity index (χ1v) is 13.2. The molecule has 1 fully saturated rings. The zero-order valence-electron chi connectivity index (χ0n) is 22.5. The Morgan fingerprint density at radius 1 is 1.10 bits per heavy atom. The number of nitrogens with one attached hydrogen (secondary N) is 1. The molecule has 1 aliphatic rings. The third-order valence-electron chi connectivity index (χ3n) is 6.85. The highest BCUT2D eigenvalue weighted by atomic mass is 16.7. The molecule has 2 N–H and O–H groups in total. The zero-order chi connectivity index (χ0) is 27.6. The maximum absolute atomic E-state index is 11.9. The van der Waals surface area contributed by atoms with Crippen molar-refractivity contribution in [3.05, 3.63) is 108 Å². The Labute approximate surface area is 230 Å². The quantitative estimate of drug-likeness (QED) is 0.326. The number of nitrogens with zero attached hydrogens (tertiary/aromatic N) is 2. The van der Waals surface area contributed by atoms with Crippen molar-refractivity contribution in [3.8, 4) is 0 Å². The highest BCUT2D eigenvalue weighted by Gasteiger charge is 2.38. The summed E-state index contributed by atoms with van der Waals surface area (Å²) in [5.41, 5.74) is 4.42. The average molecular weight is 532 g/mol. The van der Waals surface area contributed by atoms with Gasteiger partial charge in [-0.25, -0.2) is 4.79 Å². The van der Waals surface area contributed by atoms with E-state index in [1.807, 2.05) is 60.8 Å². The van der Waals surface area contributed by atoms with Crippen LogP contribution in [0.15, 0.2) is 85.6 Å². The standard InChI is InChI=1S/C31H37N3O5/c1-4-19-37-31(36)33-27-14-12-25(13-15-27)30-38-28(20-34(3)18-16-26-7-5-6-17-32-26)22(2)29(39-30)24-10-8-23(21-35)9-11-24/h4-15,17,22,28-30,35H,1,16,18-21H2,2-3H3,(H,33,36)/t22-,28+,29+,30+/m1/s1. The van der Waals surface area contributed by atoms with E-state index in [9.17, 15) is 9.90 Å². The van der Waals surface area contributed by atoms with E-state index in [1.165, 1.54) is 6.08 Å². The summed E-state index contributed by atoms with van der Waals surface area (Å²) < 4.78 is 18.0. The van der Waals surface area contributed by atoms with Gasteiger partial charge in [0.2, 0.25) is 0 Å². The van der Waals surface area contributed by atoms with Crippen molar-refractivity contribution in [3.63, 3.8) is 0 Å². The molecule has 1 amide bonds. The fourth-order valence-electron chi connectivity index (χ4n) is 4.59. The fourth-order valence-corrected chi connectivity index (χ4v) is 4.59. The number of hydrogen-bond donors (Lipinski definition) is 2. The predicted molar refractivity (Wildman–Crippen MR) is 150 cm³/mol. The van der Waals surface area contributed by atoms with E-state index in [4.69, 9.17) is 14.2 Å². The summed E-state index contributed by atoms with van der Waals surface area (Å²) >= 11 is 0. The second-order valence-corrected chi connectivity index (χ2v) is 9.79. The zero-order valence-corrected chi connectivity index (χ0v) is 22.5. The lowest BCUT2D eigenvalue weighted by molar-refractivity contribution is -0.275. The Morgan fingerprint density at radius 3 is 2.51 bits per heavy atom. The highest BCUT2D eigenvalue weighted by molar-refractivity contribution is 5.84. The molecule has 1 aliphatic heterocycles. The smallest absolute Gasteiger partial charge is 0.411 e. The van der Waals surface area contributed by atoms with Gasteiger partial charge in [-0.05, 0) is 42.4 Å². The number of likely N-dealkylation sites (N-methyl/N-ethyl adjacent to an activating group) is 1. The Hall–Kier alpha value is -3.56. The topological polar surface area (TPSA) is 93.2 Å². The van der Waals surface area contributed by atoms with E-state index in [0.717, 1.165) is 41.9 Å². The van der Waals surface area contributed by atoms with Gasteiger partial charge in [-0.1, -0.05) is 62.0 Å². The molecule has 0 radical (unpaired) electrons. The molecule has 1 aromatic heterocycles. The Bertz CT molecular complexity index is 1190. The molecule has 8 nitrogen and oxygen atoms in total. The average Bonchev–Trinajstić information content (AvgIpc) is 2.97. The lowest BCUT2D eigenvalue weighted by atomic mass is 9.90. The molecular weight excluding hydrogens is 494 g/mol. The molecule has 0 aliphatic carbocycles. The normalized spacial score (nSPS) is 20.9. The first-order valence-electron chi connectivity index (χ1n) is 13.2. The summed E-state index contributed by atoms with van der Waals surface area (Å²) in [5.74, 6) is 0.0825. The first kappa shape index (κ1) is 28.4. The molecule has 8 heteroatoms. The molecular formula is C31H37N3O5. The second-order valence-electron chi connectivity index (χ2n) is 9.79. The fraction of sp³-hybridized carbons (Fsp3) is 0.355. The number of hydrogen-bond acceptors (Lipinski definition) is 7. The Morgan fingerprint density at radius 2 is 1.85 bits per heavy atom. The van der Waals surface area contributed by atoms with Crippen LogP contribution in [0.25, 0.3) is 0 Å². The minimum Gasteiger partial charge on any atom is -0.445 e. The van der Waals surface area contributed by atoms with E-state index in [2.05, 4.69) is 35.8 Å². The van der Waals surface area contributed by atoms with Crippen molar-refractivity contribution >= 4 is 11.8 Å². The lowest BCUT2D eigenvalue weighted by Gasteiger charge is -2.42. The Balaban J connectivity index is 1.49. The van der Waals surface area contributed by atoms with Crippen molar-refractivity contribution in [1.29, 1.82) is 0 Å². The number of aliphatic hydroxyl groups excluding tert-OH is 1.